The van der Waals surface area contributed by atoms with Crippen LogP contribution in [0.3, 0.4) is 0 Å². The van der Waals surface area contributed by atoms with Crippen LogP contribution in [0.25, 0.3) is 5.69 Å². The number of hydrogen-bond acceptors (Lipinski definition) is 5. The molecule has 0 saturated carbocycles. The van der Waals surface area contributed by atoms with E-state index in [2.05, 4.69) is 10.2 Å². The molecular weight excluding hydrogens is 308 g/mol. The molecule has 0 atom stereocenters. The SMILES string of the molecule is COc1ccc(-n2nc(C(=O)OCc3cnn(C)c3)cc2C)cc1. The van der Waals surface area contributed by atoms with Gasteiger partial charge in [-0.3, -0.25) is 4.68 Å². The molecule has 3 rings (SSSR count). The summed E-state index contributed by atoms with van der Waals surface area (Å²) < 4.78 is 13.8. The number of ether oxygens (including phenoxy) is 2. The van der Waals surface area contributed by atoms with Crippen LogP contribution in [-0.2, 0) is 18.4 Å². The first-order valence-electron chi connectivity index (χ1n) is 7.42. The van der Waals surface area contributed by atoms with Crippen molar-refractivity contribution in [3.05, 3.63) is 59.7 Å². The van der Waals surface area contributed by atoms with Gasteiger partial charge in [0.05, 0.1) is 19.0 Å². The number of carbonyl (C=O) groups excluding carboxylic acids is 1. The number of aromatic nitrogens is 4. The first-order valence-corrected chi connectivity index (χ1v) is 7.42. The summed E-state index contributed by atoms with van der Waals surface area (Å²) in [6.07, 6.45) is 3.46. The summed E-state index contributed by atoms with van der Waals surface area (Å²) in [5, 5.41) is 8.37. The lowest BCUT2D eigenvalue weighted by atomic mass is 10.3. The molecule has 124 valence electrons. The fraction of sp³-hybridized carbons (Fsp3) is 0.235. The molecule has 1 aromatic carbocycles. The molecule has 3 aromatic rings. The molecule has 0 bridgehead atoms. The zero-order valence-electron chi connectivity index (χ0n) is 13.8. The quantitative estimate of drug-likeness (QED) is 0.673. The van der Waals surface area contributed by atoms with Crippen molar-refractivity contribution in [3.8, 4) is 11.4 Å². The Kier molecular flexibility index (Phi) is 4.33. The average Bonchev–Trinajstić information content (AvgIpc) is 3.18. The molecule has 0 amide bonds. The van der Waals surface area contributed by atoms with Crippen molar-refractivity contribution in [2.75, 3.05) is 7.11 Å². The Morgan fingerprint density at radius 3 is 2.62 bits per heavy atom. The monoisotopic (exact) mass is 326 g/mol. The zero-order valence-corrected chi connectivity index (χ0v) is 13.8. The van der Waals surface area contributed by atoms with Gasteiger partial charge in [-0.15, -0.1) is 0 Å². The highest BCUT2D eigenvalue weighted by molar-refractivity contribution is 5.87. The maximum atomic E-state index is 12.2. The average molecular weight is 326 g/mol. The predicted octanol–water partition coefficient (Wildman–Crippen LogP) is 2.28. The largest absolute Gasteiger partial charge is 0.497 e. The van der Waals surface area contributed by atoms with Gasteiger partial charge in [-0.2, -0.15) is 10.2 Å². The van der Waals surface area contributed by atoms with Crippen LogP contribution in [0.4, 0.5) is 0 Å². The van der Waals surface area contributed by atoms with Crippen molar-refractivity contribution >= 4 is 5.97 Å². The van der Waals surface area contributed by atoms with Gasteiger partial charge in [-0.25, -0.2) is 9.48 Å². The van der Waals surface area contributed by atoms with Crippen LogP contribution >= 0.6 is 0 Å². The fourth-order valence-corrected chi connectivity index (χ4v) is 2.33. The fourth-order valence-electron chi connectivity index (χ4n) is 2.33. The topological polar surface area (TPSA) is 71.2 Å². The number of carbonyl (C=O) groups is 1. The highest BCUT2D eigenvalue weighted by atomic mass is 16.5. The molecule has 0 fully saturated rings. The Bertz CT molecular complexity index is 849. The first kappa shape index (κ1) is 15.8. The third-order valence-electron chi connectivity index (χ3n) is 3.54. The van der Waals surface area contributed by atoms with Crippen molar-refractivity contribution < 1.29 is 14.3 Å². The minimum absolute atomic E-state index is 0.168. The van der Waals surface area contributed by atoms with E-state index in [0.29, 0.717) is 0 Å². The van der Waals surface area contributed by atoms with Crippen LogP contribution in [-0.4, -0.2) is 32.6 Å². The summed E-state index contributed by atoms with van der Waals surface area (Å²) in [7, 11) is 3.43. The maximum Gasteiger partial charge on any atom is 0.359 e. The lowest BCUT2D eigenvalue weighted by Crippen LogP contribution is -2.07. The summed E-state index contributed by atoms with van der Waals surface area (Å²) in [6, 6.07) is 9.15. The van der Waals surface area contributed by atoms with Crippen molar-refractivity contribution in [2.24, 2.45) is 7.05 Å². The van der Waals surface area contributed by atoms with E-state index >= 15 is 0 Å². The van der Waals surface area contributed by atoms with Gasteiger partial charge in [0.25, 0.3) is 0 Å². The number of aryl methyl sites for hydroxylation is 2. The Hall–Kier alpha value is -3.09. The van der Waals surface area contributed by atoms with Gasteiger partial charge < -0.3 is 9.47 Å². The summed E-state index contributed by atoms with van der Waals surface area (Å²) >= 11 is 0. The Balaban J connectivity index is 1.73. The van der Waals surface area contributed by atoms with Crippen LogP contribution in [0.2, 0.25) is 0 Å². The lowest BCUT2D eigenvalue weighted by molar-refractivity contribution is 0.0465. The van der Waals surface area contributed by atoms with Crippen LogP contribution in [0, 0.1) is 6.92 Å². The molecular formula is C17H18N4O3. The molecule has 0 aliphatic heterocycles. The molecule has 2 aromatic heterocycles. The third-order valence-corrected chi connectivity index (χ3v) is 3.54. The van der Waals surface area contributed by atoms with E-state index in [1.165, 1.54) is 0 Å². The summed E-state index contributed by atoms with van der Waals surface area (Å²) in [5.41, 5.74) is 2.79. The highest BCUT2D eigenvalue weighted by Crippen LogP contribution is 2.17. The first-order chi connectivity index (χ1) is 11.6. The molecule has 0 saturated heterocycles. The normalized spacial score (nSPS) is 10.6. The van der Waals surface area contributed by atoms with E-state index in [4.69, 9.17) is 9.47 Å². The molecule has 0 unspecified atom stereocenters. The number of rotatable bonds is 5. The molecule has 0 aliphatic rings. The van der Waals surface area contributed by atoms with Gasteiger partial charge in [-0.05, 0) is 37.3 Å². The zero-order chi connectivity index (χ0) is 17.1. The predicted molar refractivity (Wildman–Crippen MR) is 87.2 cm³/mol. The molecule has 0 aliphatic carbocycles. The summed E-state index contributed by atoms with van der Waals surface area (Å²) in [5.74, 6) is 0.300. The minimum atomic E-state index is -0.464. The second kappa shape index (κ2) is 6.57. The van der Waals surface area contributed by atoms with Gasteiger partial charge in [0, 0.05) is 24.5 Å². The van der Waals surface area contributed by atoms with E-state index < -0.39 is 5.97 Å². The van der Waals surface area contributed by atoms with Gasteiger partial charge in [0.15, 0.2) is 5.69 Å². The molecule has 7 nitrogen and oxygen atoms in total. The number of benzene rings is 1. The van der Waals surface area contributed by atoms with E-state index in [1.54, 1.807) is 34.9 Å². The number of esters is 1. The smallest absolute Gasteiger partial charge is 0.359 e. The number of nitrogens with zero attached hydrogens (tertiary/aromatic N) is 4. The molecule has 0 N–H and O–H groups in total. The van der Waals surface area contributed by atoms with Gasteiger partial charge in [0.2, 0.25) is 0 Å². The highest BCUT2D eigenvalue weighted by Gasteiger charge is 2.15. The summed E-state index contributed by atoms with van der Waals surface area (Å²) in [4.78, 5) is 12.2. The summed E-state index contributed by atoms with van der Waals surface area (Å²) in [6.45, 7) is 2.05. The minimum Gasteiger partial charge on any atom is -0.497 e. The Morgan fingerprint density at radius 2 is 2.00 bits per heavy atom. The Labute approximate surface area is 139 Å². The standard InChI is InChI=1S/C17H18N4O3/c1-12-8-16(17(22)24-11-13-9-18-20(2)10-13)19-21(12)14-4-6-15(23-3)7-5-14/h4-10H,11H2,1-3H3. The molecule has 2 heterocycles. The Morgan fingerprint density at radius 1 is 1.25 bits per heavy atom. The van der Waals surface area contributed by atoms with E-state index in [1.807, 2.05) is 38.2 Å². The van der Waals surface area contributed by atoms with Crippen LogP contribution < -0.4 is 4.74 Å². The van der Waals surface area contributed by atoms with Crippen LogP contribution in [0.1, 0.15) is 21.7 Å². The van der Waals surface area contributed by atoms with Crippen molar-refractivity contribution in [3.63, 3.8) is 0 Å². The molecule has 24 heavy (non-hydrogen) atoms. The molecule has 0 spiro atoms. The van der Waals surface area contributed by atoms with Crippen molar-refractivity contribution in [1.82, 2.24) is 19.6 Å². The van der Waals surface area contributed by atoms with Crippen LogP contribution in [0.15, 0.2) is 42.7 Å². The van der Waals surface area contributed by atoms with Crippen molar-refractivity contribution in [2.45, 2.75) is 13.5 Å². The van der Waals surface area contributed by atoms with E-state index in [-0.39, 0.29) is 12.3 Å². The third kappa shape index (κ3) is 3.29. The molecule has 0 radical (unpaired) electrons. The van der Waals surface area contributed by atoms with Crippen molar-refractivity contribution in [1.29, 1.82) is 0 Å². The van der Waals surface area contributed by atoms with E-state index in [9.17, 15) is 4.79 Å². The number of methoxy groups -OCH3 is 1. The van der Waals surface area contributed by atoms with E-state index in [0.717, 1.165) is 22.7 Å². The maximum absolute atomic E-state index is 12.2. The van der Waals surface area contributed by atoms with Gasteiger partial charge >= 0.3 is 5.97 Å². The van der Waals surface area contributed by atoms with Crippen LogP contribution in [0.5, 0.6) is 5.75 Å². The second-order valence-corrected chi connectivity index (χ2v) is 5.38. The second-order valence-electron chi connectivity index (χ2n) is 5.38. The number of hydrogen-bond donors (Lipinski definition) is 0. The van der Waals surface area contributed by atoms with Gasteiger partial charge in [0.1, 0.15) is 12.4 Å². The molecule has 7 heteroatoms. The van der Waals surface area contributed by atoms with Gasteiger partial charge in [-0.1, -0.05) is 0 Å². The lowest BCUT2D eigenvalue weighted by Gasteiger charge is -2.05.